The molecule has 1 fully saturated rings. The average Bonchev–Trinajstić information content (AvgIpc) is 2.45. The van der Waals surface area contributed by atoms with Gasteiger partial charge in [0.05, 0.1) is 12.2 Å². The number of aromatic hydroxyl groups is 1. The first-order valence-electron chi connectivity index (χ1n) is 6.78. The molecule has 0 aromatic heterocycles. The number of phenolic OH excluding ortho intramolecular Hbond substituents is 1. The molecule has 2 N–H and O–H groups in total. The van der Waals surface area contributed by atoms with Crippen LogP contribution >= 0.6 is 0 Å². The van der Waals surface area contributed by atoms with Gasteiger partial charge in [-0.05, 0) is 43.9 Å². The molecule has 0 saturated carbocycles. The normalized spacial score (nSPS) is 18.6. The molecule has 2 rings (SSSR count). The van der Waals surface area contributed by atoms with Crippen LogP contribution in [0.5, 0.6) is 5.75 Å². The maximum Gasteiger partial charge on any atom is 0.251 e. The third kappa shape index (κ3) is 3.57. The second kappa shape index (κ2) is 6.52. The Balaban J connectivity index is 1.95. The molecule has 0 aliphatic carbocycles. The molecule has 1 aromatic rings. The smallest absolute Gasteiger partial charge is 0.251 e. The molecule has 0 radical (unpaired) electrons. The van der Waals surface area contributed by atoms with Gasteiger partial charge in [-0.2, -0.15) is 0 Å². The summed E-state index contributed by atoms with van der Waals surface area (Å²) in [6.07, 6.45) is 2.07. The molecule has 1 amide bonds. The number of hydrogen-bond donors (Lipinski definition) is 2. The number of amides is 1. The predicted molar refractivity (Wildman–Crippen MR) is 74.0 cm³/mol. The first-order chi connectivity index (χ1) is 9.58. The highest BCUT2D eigenvalue weighted by Gasteiger charge is 2.16. The van der Waals surface area contributed by atoms with Crippen molar-refractivity contribution in [2.24, 2.45) is 5.92 Å². The van der Waals surface area contributed by atoms with Crippen molar-refractivity contribution in [1.29, 1.82) is 0 Å². The lowest BCUT2D eigenvalue weighted by molar-refractivity contribution is 0.0536. The Morgan fingerprint density at radius 3 is 2.85 bits per heavy atom. The second-order valence-corrected chi connectivity index (χ2v) is 5.08. The van der Waals surface area contributed by atoms with Gasteiger partial charge in [-0.15, -0.1) is 0 Å². The van der Waals surface area contributed by atoms with Gasteiger partial charge in [0.15, 0.2) is 5.78 Å². The monoisotopic (exact) mass is 277 g/mol. The molecule has 0 bridgehead atoms. The van der Waals surface area contributed by atoms with Crippen LogP contribution in [-0.2, 0) is 4.74 Å². The average molecular weight is 277 g/mol. The lowest BCUT2D eigenvalue weighted by atomic mass is 10.0. The van der Waals surface area contributed by atoms with E-state index in [2.05, 4.69) is 5.32 Å². The number of phenols is 1. The van der Waals surface area contributed by atoms with Crippen molar-refractivity contribution in [2.75, 3.05) is 19.8 Å². The van der Waals surface area contributed by atoms with E-state index in [1.54, 1.807) is 6.07 Å². The van der Waals surface area contributed by atoms with Crippen molar-refractivity contribution in [2.45, 2.75) is 19.8 Å². The van der Waals surface area contributed by atoms with Crippen LogP contribution in [0.15, 0.2) is 18.2 Å². The van der Waals surface area contributed by atoms with E-state index in [1.807, 2.05) is 0 Å². The van der Waals surface area contributed by atoms with Gasteiger partial charge in [-0.25, -0.2) is 0 Å². The van der Waals surface area contributed by atoms with Crippen molar-refractivity contribution in [3.8, 4) is 5.75 Å². The summed E-state index contributed by atoms with van der Waals surface area (Å²) in [6.45, 7) is 3.41. The van der Waals surface area contributed by atoms with Gasteiger partial charge in [-0.1, -0.05) is 0 Å². The minimum atomic E-state index is -0.249. The minimum absolute atomic E-state index is 0.161. The fourth-order valence-electron chi connectivity index (χ4n) is 2.28. The number of ether oxygens (including phenoxy) is 1. The number of nitrogens with one attached hydrogen (secondary N) is 1. The van der Waals surface area contributed by atoms with Crippen molar-refractivity contribution < 1.29 is 19.4 Å². The quantitative estimate of drug-likeness (QED) is 0.822. The summed E-state index contributed by atoms with van der Waals surface area (Å²) >= 11 is 0. The summed E-state index contributed by atoms with van der Waals surface area (Å²) in [5, 5.41) is 12.5. The Morgan fingerprint density at radius 1 is 1.45 bits per heavy atom. The van der Waals surface area contributed by atoms with E-state index in [9.17, 15) is 14.7 Å². The van der Waals surface area contributed by atoms with Gasteiger partial charge < -0.3 is 15.2 Å². The highest BCUT2D eigenvalue weighted by Crippen LogP contribution is 2.19. The van der Waals surface area contributed by atoms with Crippen molar-refractivity contribution in [3.63, 3.8) is 0 Å². The molecule has 1 heterocycles. The van der Waals surface area contributed by atoms with E-state index in [4.69, 9.17) is 4.74 Å². The summed E-state index contributed by atoms with van der Waals surface area (Å²) in [4.78, 5) is 23.2. The summed E-state index contributed by atoms with van der Waals surface area (Å²) in [5.74, 6) is -0.293. The molecule has 5 nitrogen and oxygen atoms in total. The highest BCUT2D eigenvalue weighted by atomic mass is 16.5. The lowest BCUT2D eigenvalue weighted by Crippen LogP contribution is -2.33. The standard InChI is InChI=1S/C15H19NO4/c1-10(17)13-5-4-12(7-14(13)18)15(19)16-8-11-3-2-6-20-9-11/h4-5,7,11,18H,2-3,6,8-9H2,1H3,(H,16,19). The van der Waals surface area contributed by atoms with Gasteiger partial charge in [0.25, 0.3) is 5.91 Å². The molecule has 5 heteroatoms. The van der Waals surface area contributed by atoms with Crippen LogP contribution in [0.4, 0.5) is 0 Å². The zero-order valence-corrected chi connectivity index (χ0v) is 11.5. The SMILES string of the molecule is CC(=O)c1ccc(C(=O)NCC2CCCOC2)cc1O. The van der Waals surface area contributed by atoms with Gasteiger partial charge in [0, 0.05) is 18.7 Å². The maximum absolute atomic E-state index is 12.0. The minimum Gasteiger partial charge on any atom is -0.507 e. The molecule has 1 unspecified atom stereocenters. The van der Waals surface area contributed by atoms with Crippen LogP contribution in [-0.4, -0.2) is 36.6 Å². The van der Waals surface area contributed by atoms with Crippen molar-refractivity contribution in [1.82, 2.24) is 5.32 Å². The highest BCUT2D eigenvalue weighted by molar-refractivity contribution is 6.00. The molecule has 20 heavy (non-hydrogen) atoms. The maximum atomic E-state index is 12.0. The zero-order chi connectivity index (χ0) is 14.5. The molecular formula is C15H19NO4. The van der Waals surface area contributed by atoms with Crippen LogP contribution in [0, 0.1) is 5.92 Å². The Bertz CT molecular complexity index is 507. The van der Waals surface area contributed by atoms with E-state index in [-0.39, 0.29) is 23.0 Å². The summed E-state index contributed by atoms with van der Waals surface area (Å²) in [6, 6.07) is 4.34. The van der Waals surface area contributed by atoms with Crippen LogP contribution in [0.1, 0.15) is 40.5 Å². The first-order valence-corrected chi connectivity index (χ1v) is 6.78. The molecule has 1 atom stereocenters. The number of carbonyl (C=O) groups excluding carboxylic acids is 2. The number of ketones is 1. The van der Waals surface area contributed by atoms with E-state index in [0.29, 0.717) is 24.6 Å². The van der Waals surface area contributed by atoms with E-state index in [0.717, 1.165) is 19.4 Å². The van der Waals surface area contributed by atoms with E-state index in [1.165, 1.54) is 19.1 Å². The third-order valence-electron chi connectivity index (χ3n) is 3.45. The Kier molecular flexibility index (Phi) is 4.74. The summed E-state index contributed by atoms with van der Waals surface area (Å²) in [5.41, 5.74) is 0.575. The number of Topliss-reactive ketones (excluding diaryl/α,β-unsaturated/α-hetero) is 1. The van der Waals surface area contributed by atoms with Gasteiger partial charge in [0.1, 0.15) is 5.75 Å². The summed E-state index contributed by atoms with van der Waals surface area (Å²) < 4.78 is 5.35. The first kappa shape index (κ1) is 14.5. The number of benzene rings is 1. The summed E-state index contributed by atoms with van der Waals surface area (Å²) in [7, 11) is 0. The zero-order valence-electron chi connectivity index (χ0n) is 11.5. The topological polar surface area (TPSA) is 75.6 Å². The molecule has 1 aliphatic heterocycles. The largest absolute Gasteiger partial charge is 0.507 e. The Morgan fingerprint density at radius 2 is 2.25 bits per heavy atom. The fourth-order valence-corrected chi connectivity index (χ4v) is 2.28. The second-order valence-electron chi connectivity index (χ2n) is 5.08. The molecule has 1 aromatic carbocycles. The molecule has 0 spiro atoms. The molecule has 1 saturated heterocycles. The van der Waals surface area contributed by atoms with Crippen LogP contribution < -0.4 is 5.32 Å². The molecular weight excluding hydrogens is 258 g/mol. The van der Waals surface area contributed by atoms with E-state index < -0.39 is 0 Å². The van der Waals surface area contributed by atoms with Gasteiger partial charge in [0.2, 0.25) is 0 Å². The molecule has 108 valence electrons. The number of carbonyl (C=O) groups is 2. The van der Waals surface area contributed by atoms with Gasteiger partial charge >= 0.3 is 0 Å². The number of rotatable bonds is 4. The third-order valence-corrected chi connectivity index (χ3v) is 3.45. The van der Waals surface area contributed by atoms with Crippen LogP contribution in [0.2, 0.25) is 0 Å². The fraction of sp³-hybridized carbons (Fsp3) is 0.467. The Hall–Kier alpha value is -1.88. The number of hydrogen-bond acceptors (Lipinski definition) is 4. The van der Waals surface area contributed by atoms with Crippen molar-refractivity contribution >= 4 is 11.7 Å². The van der Waals surface area contributed by atoms with Crippen LogP contribution in [0.3, 0.4) is 0 Å². The van der Waals surface area contributed by atoms with Crippen molar-refractivity contribution in [3.05, 3.63) is 29.3 Å². The Labute approximate surface area is 117 Å². The van der Waals surface area contributed by atoms with Crippen LogP contribution in [0.25, 0.3) is 0 Å². The van der Waals surface area contributed by atoms with Gasteiger partial charge in [-0.3, -0.25) is 9.59 Å². The lowest BCUT2D eigenvalue weighted by Gasteiger charge is -2.22. The van der Waals surface area contributed by atoms with E-state index >= 15 is 0 Å². The molecule has 1 aliphatic rings. The predicted octanol–water partition coefficient (Wildman–Crippen LogP) is 1.75.